The van der Waals surface area contributed by atoms with E-state index < -0.39 is 0 Å². The van der Waals surface area contributed by atoms with Gasteiger partial charge in [-0.3, -0.25) is 0 Å². The lowest BCUT2D eigenvalue weighted by Crippen LogP contribution is -2.35. The largest absolute Gasteiger partial charge is 0.350 e. The minimum atomic E-state index is 0.677. The fraction of sp³-hybridized carbons (Fsp3) is 0.733. The van der Waals surface area contributed by atoms with Crippen LogP contribution in [0.4, 0.5) is 0 Å². The number of rotatable bonds is 9. The van der Waals surface area contributed by atoms with Gasteiger partial charge >= 0.3 is 0 Å². The van der Waals surface area contributed by atoms with Crippen LogP contribution in [0.2, 0.25) is 0 Å². The van der Waals surface area contributed by atoms with Crippen molar-refractivity contribution >= 4 is 0 Å². The molecule has 0 aliphatic heterocycles. The van der Waals surface area contributed by atoms with E-state index >= 15 is 0 Å². The summed E-state index contributed by atoms with van der Waals surface area (Å²) in [5.41, 5.74) is 1.39. The highest BCUT2D eigenvalue weighted by Crippen LogP contribution is 2.03. The van der Waals surface area contributed by atoms with E-state index in [1.807, 2.05) is 0 Å². The molecule has 0 saturated heterocycles. The zero-order valence-corrected chi connectivity index (χ0v) is 12.4. The summed E-state index contributed by atoms with van der Waals surface area (Å²) in [5, 5.41) is 3.53. The van der Waals surface area contributed by atoms with Crippen LogP contribution in [-0.2, 0) is 13.1 Å². The Morgan fingerprint density at radius 2 is 2.17 bits per heavy atom. The number of aryl methyl sites for hydroxylation is 1. The van der Waals surface area contributed by atoms with Gasteiger partial charge in [-0.1, -0.05) is 13.8 Å². The second-order valence-electron chi connectivity index (χ2n) is 5.11. The molecule has 1 heterocycles. The lowest BCUT2D eigenvalue weighted by atomic mass is 10.2. The van der Waals surface area contributed by atoms with E-state index in [-0.39, 0.29) is 0 Å². The average Bonchev–Trinajstić information content (AvgIpc) is 2.81. The predicted octanol–water partition coefficient (Wildman–Crippen LogP) is 2.72. The fourth-order valence-corrected chi connectivity index (χ4v) is 2.07. The molecule has 0 amide bonds. The van der Waals surface area contributed by atoms with Crippen molar-refractivity contribution in [1.82, 2.24) is 14.8 Å². The summed E-state index contributed by atoms with van der Waals surface area (Å²) in [6.07, 6.45) is 4.58. The number of nitrogens with zero attached hydrogens (tertiary/aromatic N) is 2. The first kappa shape index (κ1) is 15.3. The van der Waals surface area contributed by atoms with Gasteiger partial charge in [0, 0.05) is 44.1 Å². The fourth-order valence-electron chi connectivity index (χ4n) is 2.07. The van der Waals surface area contributed by atoms with Gasteiger partial charge in [0.15, 0.2) is 0 Å². The van der Waals surface area contributed by atoms with Crippen LogP contribution >= 0.6 is 0 Å². The van der Waals surface area contributed by atoms with Gasteiger partial charge in [-0.15, -0.1) is 0 Å². The number of hydrogen-bond donors (Lipinski definition) is 1. The van der Waals surface area contributed by atoms with Crippen LogP contribution in [0.3, 0.4) is 0 Å². The van der Waals surface area contributed by atoms with Gasteiger partial charge in [-0.05, 0) is 38.9 Å². The molecule has 1 aromatic rings. The molecule has 104 valence electrons. The quantitative estimate of drug-likeness (QED) is 0.681. The van der Waals surface area contributed by atoms with Crippen molar-refractivity contribution in [3.05, 3.63) is 24.0 Å². The maximum atomic E-state index is 3.53. The van der Waals surface area contributed by atoms with Gasteiger partial charge in [0.05, 0.1) is 0 Å². The Morgan fingerprint density at radius 3 is 2.83 bits per heavy atom. The molecular weight excluding hydrogens is 222 g/mol. The minimum absolute atomic E-state index is 0.677. The molecule has 1 atom stereocenters. The van der Waals surface area contributed by atoms with E-state index in [0.717, 1.165) is 26.2 Å². The Kier molecular flexibility index (Phi) is 7.06. The molecule has 0 radical (unpaired) electrons. The van der Waals surface area contributed by atoms with Gasteiger partial charge in [0.25, 0.3) is 0 Å². The molecule has 3 nitrogen and oxygen atoms in total. The molecule has 1 N–H and O–H groups in total. The molecule has 1 rings (SSSR count). The first-order valence-electron chi connectivity index (χ1n) is 7.24. The monoisotopic (exact) mass is 251 g/mol. The molecular formula is C15H29N3. The molecule has 1 aromatic heterocycles. The standard InChI is InChI=1S/C15H29N3/c1-5-10-18-11-7-8-15(18)13-16-9-12-17(4)14(3)6-2/h7-8,11,14,16H,5-6,9-10,12-13H2,1-4H3. The summed E-state index contributed by atoms with van der Waals surface area (Å²) >= 11 is 0. The summed E-state index contributed by atoms with van der Waals surface area (Å²) in [6.45, 7) is 11.0. The highest BCUT2D eigenvalue weighted by atomic mass is 15.1. The highest BCUT2D eigenvalue weighted by Gasteiger charge is 2.05. The summed E-state index contributed by atoms with van der Waals surface area (Å²) < 4.78 is 2.34. The lowest BCUT2D eigenvalue weighted by Gasteiger charge is -2.23. The van der Waals surface area contributed by atoms with Gasteiger partial charge in [0.1, 0.15) is 0 Å². The SMILES string of the molecule is CCCn1cccc1CNCCN(C)C(C)CC. The van der Waals surface area contributed by atoms with Crippen molar-refractivity contribution in [2.24, 2.45) is 0 Å². The van der Waals surface area contributed by atoms with E-state index in [1.54, 1.807) is 0 Å². The van der Waals surface area contributed by atoms with Crippen LogP contribution in [0.5, 0.6) is 0 Å². The van der Waals surface area contributed by atoms with Crippen LogP contribution in [-0.4, -0.2) is 35.6 Å². The normalized spacial score (nSPS) is 13.2. The zero-order chi connectivity index (χ0) is 13.4. The highest BCUT2D eigenvalue weighted by molar-refractivity contribution is 5.06. The molecule has 0 bridgehead atoms. The second kappa shape index (κ2) is 8.33. The molecule has 0 aliphatic rings. The van der Waals surface area contributed by atoms with E-state index in [0.29, 0.717) is 6.04 Å². The minimum Gasteiger partial charge on any atom is -0.350 e. The topological polar surface area (TPSA) is 20.2 Å². The molecule has 0 saturated carbocycles. The summed E-state index contributed by atoms with van der Waals surface area (Å²) in [7, 11) is 2.20. The summed E-state index contributed by atoms with van der Waals surface area (Å²) in [5.74, 6) is 0. The molecule has 1 unspecified atom stereocenters. The molecule has 0 fully saturated rings. The van der Waals surface area contributed by atoms with Crippen LogP contribution in [0.25, 0.3) is 0 Å². The smallest absolute Gasteiger partial charge is 0.0359 e. The lowest BCUT2D eigenvalue weighted by molar-refractivity contribution is 0.251. The predicted molar refractivity (Wildman–Crippen MR) is 78.8 cm³/mol. The van der Waals surface area contributed by atoms with E-state index in [1.165, 1.54) is 18.5 Å². The first-order valence-corrected chi connectivity index (χ1v) is 7.24. The van der Waals surface area contributed by atoms with Crippen LogP contribution in [0.15, 0.2) is 18.3 Å². The summed E-state index contributed by atoms with van der Waals surface area (Å²) in [4.78, 5) is 2.41. The Bertz CT molecular complexity index is 319. The third-order valence-electron chi connectivity index (χ3n) is 3.68. The van der Waals surface area contributed by atoms with E-state index in [9.17, 15) is 0 Å². The van der Waals surface area contributed by atoms with Crippen molar-refractivity contribution in [2.45, 2.75) is 52.7 Å². The molecule has 0 spiro atoms. The van der Waals surface area contributed by atoms with Crippen LogP contribution < -0.4 is 5.32 Å². The number of aromatic nitrogens is 1. The van der Waals surface area contributed by atoms with Gasteiger partial charge < -0.3 is 14.8 Å². The zero-order valence-electron chi connectivity index (χ0n) is 12.4. The number of nitrogens with one attached hydrogen (secondary N) is 1. The van der Waals surface area contributed by atoms with Crippen molar-refractivity contribution < 1.29 is 0 Å². The number of likely N-dealkylation sites (N-methyl/N-ethyl adjacent to an activating group) is 1. The third-order valence-corrected chi connectivity index (χ3v) is 3.68. The third kappa shape index (κ3) is 4.83. The first-order chi connectivity index (χ1) is 8.69. The van der Waals surface area contributed by atoms with Gasteiger partial charge in [-0.2, -0.15) is 0 Å². The molecule has 18 heavy (non-hydrogen) atoms. The molecule has 0 aliphatic carbocycles. The average molecular weight is 251 g/mol. The Morgan fingerprint density at radius 1 is 1.39 bits per heavy atom. The Labute approximate surface area is 112 Å². The Hall–Kier alpha value is -0.800. The van der Waals surface area contributed by atoms with E-state index in [2.05, 4.69) is 60.9 Å². The van der Waals surface area contributed by atoms with Gasteiger partial charge in [0.2, 0.25) is 0 Å². The van der Waals surface area contributed by atoms with Crippen LogP contribution in [0.1, 0.15) is 39.3 Å². The Balaban J connectivity index is 2.23. The second-order valence-corrected chi connectivity index (χ2v) is 5.11. The van der Waals surface area contributed by atoms with E-state index in [4.69, 9.17) is 0 Å². The maximum absolute atomic E-state index is 3.53. The van der Waals surface area contributed by atoms with Crippen molar-refractivity contribution in [3.63, 3.8) is 0 Å². The van der Waals surface area contributed by atoms with Gasteiger partial charge in [-0.25, -0.2) is 0 Å². The van der Waals surface area contributed by atoms with Crippen molar-refractivity contribution in [2.75, 3.05) is 20.1 Å². The molecule has 0 aromatic carbocycles. The summed E-state index contributed by atoms with van der Waals surface area (Å²) in [6, 6.07) is 5.02. The molecule has 3 heteroatoms. The maximum Gasteiger partial charge on any atom is 0.0359 e. The van der Waals surface area contributed by atoms with Crippen molar-refractivity contribution in [1.29, 1.82) is 0 Å². The van der Waals surface area contributed by atoms with Crippen molar-refractivity contribution in [3.8, 4) is 0 Å². The van der Waals surface area contributed by atoms with Crippen LogP contribution in [0, 0.1) is 0 Å². The number of hydrogen-bond acceptors (Lipinski definition) is 2.